The van der Waals surface area contributed by atoms with Gasteiger partial charge in [0.05, 0.1) is 13.2 Å². The van der Waals surface area contributed by atoms with Gasteiger partial charge >= 0.3 is 0 Å². The zero-order chi connectivity index (χ0) is 12.0. The molecule has 0 aromatic carbocycles. The molecule has 1 aromatic rings. The van der Waals surface area contributed by atoms with Crippen molar-refractivity contribution in [2.24, 2.45) is 0 Å². The molecule has 0 aliphatic heterocycles. The average Bonchev–Trinajstić information content (AvgIpc) is 2.75. The lowest BCUT2D eigenvalue weighted by Gasteiger charge is -2.27. The van der Waals surface area contributed by atoms with Crippen molar-refractivity contribution in [2.75, 3.05) is 6.61 Å². The molecule has 0 bridgehead atoms. The van der Waals surface area contributed by atoms with Gasteiger partial charge in [0.1, 0.15) is 11.8 Å². The summed E-state index contributed by atoms with van der Waals surface area (Å²) in [5, 5.41) is 21.2. The summed E-state index contributed by atoms with van der Waals surface area (Å²) in [6.07, 6.45) is 1.90. The highest BCUT2D eigenvalue weighted by molar-refractivity contribution is 5.19. The Morgan fingerprint density at radius 3 is 2.81 bits per heavy atom. The smallest absolute Gasteiger partial charge is 0.203 e. The number of hydrogen-bond donors (Lipinski definition) is 2. The zero-order valence-electron chi connectivity index (χ0n) is 9.79. The van der Waals surface area contributed by atoms with Crippen LogP contribution in [0.15, 0.2) is 16.5 Å². The molecule has 0 aliphatic rings. The molecule has 1 heterocycles. The highest BCUT2D eigenvalue weighted by Gasteiger charge is 2.21. The van der Waals surface area contributed by atoms with E-state index < -0.39 is 0 Å². The summed E-state index contributed by atoms with van der Waals surface area (Å²) >= 11 is 0. The highest BCUT2D eigenvalue weighted by atomic mass is 16.3. The molecular formula is C12H18N2O2. The molecule has 4 heteroatoms. The van der Waals surface area contributed by atoms with Gasteiger partial charge in [0.15, 0.2) is 0 Å². The first-order valence-corrected chi connectivity index (χ1v) is 5.48. The Kier molecular flexibility index (Phi) is 4.53. The molecule has 0 saturated heterocycles. The van der Waals surface area contributed by atoms with Gasteiger partial charge in [-0.3, -0.25) is 0 Å². The molecule has 1 unspecified atom stereocenters. The summed E-state index contributed by atoms with van der Waals surface area (Å²) in [7, 11) is 0. The first kappa shape index (κ1) is 12.8. The monoisotopic (exact) mass is 222 g/mol. The SMILES string of the molecule is CCCC(C)(CO)NCc1ccc(C#N)o1. The first-order chi connectivity index (χ1) is 7.63. The molecule has 1 atom stereocenters. The first-order valence-electron chi connectivity index (χ1n) is 5.48. The van der Waals surface area contributed by atoms with E-state index in [1.165, 1.54) is 0 Å². The van der Waals surface area contributed by atoms with Crippen molar-refractivity contribution >= 4 is 0 Å². The number of nitrogens with zero attached hydrogens (tertiary/aromatic N) is 1. The summed E-state index contributed by atoms with van der Waals surface area (Å²) in [5.41, 5.74) is -0.283. The fourth-order valence-corrected chi connectivity index (χ4v) is 1.61. The second-order valence-corrected chi connectivity index (χ2v) is 4.20. The van der Waals surface area contributed by atoms with E-state index in [2.05, 4.69) is 12.2 Å². The van der Waals surface area contributed by atoms with Gasteiger partial charge in [-0.15, -0.1) is 0 Å². The summed E-state index contributed by atoms with van der Waals surface area (Å²) in [4.78, 5) is 0. The molecule has 16 heavy (non-hydrogen) atoms. The van der Waals surface area contributed by atoms with Gasteiger partial charge in [-0.05, 0) is 25.5 Å². The predicted octanol–water partition coefficient (Wildman–Crippen LogP) is 1.79. The van der Waals surface area contributed by atoms with Crippen molar-refractivity contribution in [1.29, 1.82) is 5.26 Å². The molecule has 0 radical (unpaired) electrons. The normalized spacial score (nSPS) is 14.4. The maximum absolute atomic E-state index is 9.30. The van der Waals surface area contributed by atoms with Gasteiger partial charge in [0, 0.05) is 5.54 Å². The molecule has 0 fully saturated rings. The summed E-state index contributed by atoms with van der Waals surface area (Å²) < 4.78 is 5.25. The number of nitrogens with one attached hydrogen (secondary N) is 1. The number of aliphatic hydroxyl groups is 1. The number of hydrogen-bond acceptors (Lipinski definition) is 4. The van der Waals surface area contributed by atoms with Gasteiger partial charge in [-0.25, -0.2) is 0 Å². The van der Waals surface area contributed by atoms with Crippen LogP contribution in [0.5, 0.6) is 0 Å². The van der Waals surface area contributed by atoms with Crippen molar-refractivity contribution in [2.45, 2.75) is 38.8 Å². The van der Waals surface area contributed by atoms with Crippen LogP contribution in [0.3, 0.4) is 0 Å². The fourth-order valence-electron chi connectivity index (χ4n) is 1.61. The number of nitriles is 1. The highest BCUT2D eigenvalue weighted by Crippen LogP contribution is 2.13. The Bertz CT molecular complexity index is 367. The van der Waals surface area contributed by atoms with Crippen LogP contribution in [-0.2, 0) is 6.54 Å². The standard InChI is InChI=1S/C12H18N2O2/c1-3-6-12(2,9-15)14-8-11-5-4-10(7-13)16-11/h4-5,14-15H,3,6,8-9H2,1-2H3. The van der Waals surface area contributed by atoms with E-state index in [-0.39, 0.29) is 12.1 Å². The maximum atomic E-state index is 9.30. The average molecular weight is 222 g/mol. The van der Waals surface area contributed by atoms with Crippen LogP contribution < -0.4 is 5.32 Å². The summed E-state index contributed by atoms with van der Waals surface area (Å²) in [6, 6.07) is 5.36. The van der Waals surface area contributed by atoms with E-state index in [4.69, 9.17) is 9.68 Å². The van der Waals surface area contributed by atoms with Crippen molar-refractivity contribution < 1.29 is 9.52 Å². The largest absolute Gasteiger partial charge is 0.449 e. The van der Waals surface area contributed by atoms with Crippen LogP contribution in [0.4, 0.5) is 0 Å². The zero-order valence-corrected chi connectivity index (χ0v) is 9.79. The second kappa shape index (κ2) is 5.69. The molecule has 2 N–H and O–H groups in total. The van der Waals surface area contributed by atoms with E-state index >= 15 is 0 Å². The molecule has 1 rings (SSSR count). The Balaban J connectivity index is 2.52. The molecule has 0 saturated carbocycles. The van der Waals surface area contributed by atoms with Crippen molar-refractivity contribution in [3.8, 4) is 6.07 Å². The molecule has 0 amide bonds. The van der Waals surface area contributed by atoms with Gasteiger partial charge < -0.3 is 14.8 Å². The lowest BCUT2D eigenvalue weighted by Crippen LogP contribution is -2.45. The van der Waals surface area contributed by atoms with Crippen LogP contribution in [0.2, 0.25) is 0 Å². The second-order valence-electron chi connectivity index (χ2n) is 4.20. The van der Waals surface area contributed by atoms with Crippen molar-refractivity contribution in [3.05, 3.63) is 23.7 Å². The minimum absolute atomic E-state index is 0.0899. The topological polar surface area (TPSA) is 69.2 Å². The van der Waals surface area contributed by atoms with E-state index in [0.717, 1.165) is 12.8 Å². The lowest BCUT2D eigenvalue weighted by molar-refractivity contribution is 0.160. The molecule has 88 valence electrons. The minimum atomic E-state index is -0.283. The summed E-state index contributed by atoms with van der Waals surface area (Å²) in [5.74, 6) is 1.03. The lowest BCUT2D eigenvalue weighted by atomic mass is 9.97. The molecule has 1 aromatic heterocycles. The maximum Gasteiger partial charge on any atom is 0.203 e. The Hall–Kier alpha value is -1.31. The summed E-state index contributed by atoms with van der Waals surface area (Å²) in [6.45, 7) is 4.67. The molecule has 0 spiro atoms. The minimum Gasteiger partial charge on any atom is -0.449 e. The number of rotatable bonds is 6. The van der Waals surface area contributed by atoms with Gasteiger partial charge in [0.2, 0.25) is 5.76 Å². The van der Waals surface area contributed by atoms with Gasteiger partial charge in [-0.2, -0.15) is 5.26 Å². The molecular weight excluding hydrogens is 204 g/mol. The number of aliphatic hydroxyl groups excluding tert-OH is 1. The third-order valence-electron chi connectivity index (χ3n) is 2.61. The Morgan fingerprint density at radius 2 is 2.31 bits per heavy atom. The number of furan rings is 1. The quantitative estimate of drug-likeness (QED) is 0.770. The van der Waals surface area contributed by atoms with E-state index in [9.17, 15) is 5.11 Å². The van der Waals surface area contributed by atoms with E-state index in [1.54, 1.807) is 12.1 Å². The van der Waals surface area contributed by atoms with Crippen LogP contribution >= 0.6 is 0 Å². The van der Waals surface area contributed by atoms with Crippen molar-refractivity contribution in [1.82, 2.24) is 5.32 Å². The predicted molar refractivity (Wildman–Crippen MR) is 60.7 cm³/mol. The van der Waals surface area contributed by atoms with E-state index in [1.807, 2.05) is 13.0 Å². The van der Waals surface area contributed by atoms with Crippen LogP contribution in [0.1, 0.15) is 38.2 Å². The van der Waals surface area contributed by atoms with Crippen LogP contribution in [0.25, 0.3) is 0 Å². The Morgan fingerprint density at radius 1 is 1.56 bits per heavy atom. The van der Waals surface area contributed by atoms with Crippen LogP contribution in [0, 0.1) is 11.3 Å². The third kappa shape index (κ3) is 3.37. The van der Waals surface area contributed by atoms with E-state index in [0.29, 0.717) is 18.1 Å². The fraction of sp³-hybridized carbons (Fsp3) is 0.583. The van der Waals surface area contributed by atoms with Crippen molar-refractivity contribution in [3.63, 3.8) is 0 Å². The third-order valence-corrected chi connectivity index (χ3v) is 2.61. The van der Waals surface area contributed by atoms with Gasteiger partial charge in [-0.1, -0.05) is 13.3 Å². The van der Waals surface area contributed by atoms with Gasteiger partial charge in [0.25, 0.3) is 0 Å². The Labute approximate surface area is 95.9 Å². The van der Waals surface area contributed by atoms with Crippen LogP contribution in [-0.4, -0.2) is 17.3 Å². The molecule has 0 aliphatic carbocycles. The molecule has 4 nitrogen and oxygen atoms in total.